The summed E-state index contributed by atoms with van der Waals surface area (Å²) < 4.78 is 0. The van der Waals surface area contributed by atoms with Crippen molar-refractivity contribution >= 4 is 11.2 Å². The zero-order valence-corrected chi connectivity index (χ0v) is 6.97. The van der Waals surface area contributed by atoms with Crippen molar-refractivity contribution in [2.75, 3.05) is 0 Å². The Morgan fingerprint density at radius 2 is 1.79 bits per heavy atom. The number of fused-ring (bicyclic) bond motifs is 1. The van der Waals surface area contributed by atoms with Gasteiger partial charge in [-0.05, 0) is 12.1 Å². The lowest BCUT2D eigenvalue weighted by molar-refractivity contribution is 1.16. The average Bonchev–Trinajstić information content (AvgIpc) is 2.27. The van der Waals surface area contributed by atoms with E-state index < -0.39 is 0 Å². The molecule has 2 aromatic rings. The van der Waals surface area contributed by atoms with Crippen LogP contribution in [0.5, 0.6) is 0 Å². The third kappa shape index (κ3) is 1.13. The van der Waals surface area contributed by atoms with Gasteiger partial charge >= 0.3 is 0 Å². The molecule has 2 rings (SSSR count). The molecule has 0 fully saturated rings. The summed E-state index contributed by atoms with van der Waals surface area (Å²) in [6, 6.07) is 7.01. The summed E-state index contributed by atoms with van der Waals surface area (Å²) in [7, 11) is 0. The molecule has 5 heteroatoms. The number of hydrogen-bond donors (Lipinski definition) is 0. The highest BCUT2D eigenvalue weighted by Gasteiger charge is 2.07. The van der Waals surface area contributed by atoms with Crippen molar-refractivity contribution in [3.8, 4) is 12.1 Å². The molecule has 0 bridgehead atoms. The Bertz CT molecular complexity index is 523. The minimum atomic E-state index is 0.0127. The van der Waals surface area contributed by atoms with Gasteiger partial charge in [0.05, 0.1) is 0 Å². The first kappa shape index (κ1) is 8.09. The molecule has 0 saturated heterocycles. The zero-order chi connectivity index (χ0) is 9.97. The van der Waals surface area contributed by atoms with Crippen molar-refractivity contribution in [2.24, 2.45) is 0 Å². The van der Waals surface area contributed by atoms with E-state index in [-0.39, 0.29) is 11.4 Å². The molecule has 0 atom stereocenters. The van der Waals surface area contributed by atoms with Gasteiger partial charge in [-0.25, -0.2) is 15.0 Å². The summed E-state index contributed by atoms with van der Waals surface area (Å²) in [6.45, 7) is 0. The van der Waals surface area contributed by atoms with Gasteiger partial charge in [0, 0.05) is 6.20 Å². The van der Waals surface area contributed by atoms with E-state index in [2.05, 4.69) is 15.0 Å². The van der Waals surface area contributed by atoms with Gasteiger partial charge < -0.3 is 0 Å². The molecule has 14 heavy (non-hydrogen) atoms. The molecular formula is C9H3N5. The molecule has 0 N–H and O–H groups in total. The van der Waals surface area contributed by atoms with Crippen LogP contribution in [-0.4, -0.2) is 15.0 Å². The lowest BCUT2D eigenvalue weighted by Gasteiger charge is -1.96. The third-order valence-corrected chi connectivity index (χ3v) is 1.65. The Labute approximate surface area is 79.3 Å². The molecule has 0 spiro atoms. The summed E-state index contributed by atoms with van der Waals surface area (Å²) >= 11 is 0. The van der Waals surface area contributed by atoms with Gasteiger partial charge in [0.25, 0.3) is 0 Å². The minimum absolute atomic E-state index is 0.0127. The summed E-state index contributed by atoms with van der Waals surface area (Å²) in [6.07, 6.45) is 1.56. The lowest BCUT2D eigenvalue weighted by Crippen LogP contribution is -1.96. The van der Waals surface area contributed by atoms with Crippen molar-refractivity contribution < 1.29 is 0 Å². The standard InChI is InChI=1S/C9H3N5/c10-4-7-8(5-11)14-9-6(13-7)2-1-3-12-9/h1-3H. The molecule has 0 aliphatic heterocycles. The van der Waals surface area contributed by atoms with Crippen LogP contribution in [0.3, 0.4) is 0 Å². The fraction of sp³-hybridized carbons (Fsp3) is 0. The van der Waals surface area contributed by atoms with Crippen molar-refractivity contribution in [3.05, 3.63) is 29.7 Å². The van der Waals surface area contributed by atoms with Crippen LogP contribution in [0.4, 0.5) is 0 Å². The fourth-order valence-electron chi connectivity index (χ4n) is 1.05. The number of hydrogen-bond acceptors (Lipinski definition) is 5. The quantitative estimate of drug-likeness (QED) is 0.599. The normalized spacial score (nSPS) is 9.29. The van der Waals surface area contributed by atoms with E-state index in [0.29, 0.717) is 11.2 Å². The molecule has 0 unspecified atom stereocenters. The van der Waals surface area contributed by atoms with Crippen molar-refractivity contribution in [1.82, 2.24) is 15.0 Å². The topological polar surface area (TPSA) is 86.2 Å². The fourth-order valence-corrected chi connectivity index (χ4v) is 1.05. The van der Waals surface area contributed by atoms with Crippen LogP contribution in [0.15, 0.2) is 18.3 Å². The highest BCUT2D eigenvalue weighted by Crippen LogP contribution is 2.08. The van der Waals surface area contributed by atoms with E-state index in [4.69, 9.17) is 10.5 Å². The number of pyridine rings is 1. The Hall–Kier alpha value is -2.53. The summed E-state index contributed by atoms with van der Waals surface area (Å²) in [5.74, 6) is 0. The molecular weight excluding hydrogens is 178 g/mol. The summed E-state index contributed by atoms with van der Waals surface area (Å²) in [4.78, 5) is 11.8. The van der Waals surface area contributed by atoms with E-state index in [1.165, 1.54) is 0 Å². The Kier molecular flexibility index (Phi) is 1.78. The second kappa shape index (κ2) is 3.08. The predicted molar refractivity (Wildman–Crippen MR) is 46.8 cm³/mol. The maximum Gasteiger partial charge on any atom is 0.179 e. The SMILES string of the molecule is N#Cc1nc2cccnc2nc1C#N. The minimum Gasteiger partial charge on any atom is -0.235 e. The first-order valence-electron chi connectivity index (χ1n) is 3.78. The van der Waals surface area contributed by atoms with Gasteiger partial charge in [-0.2, -0.15) is 10.5 Å². The molecule has 5 nitrogen and oxygen atoms in total. The maximum absolute atomic E-state index is 8.68. The largest absolute Gasteiger partial charge is 0.235 e. The van der Waals surface area contributed by atoms with Crippen LogP contribution in [0.2, 0.25) is 0 Å². The number of nitriles is 2. The summed E-state index contributed by atoms with van der Waals surface area (Å²) in [5.41, 5.74) is 0.942. The first-order chi connectivity index (χ1) is 6.85. The van der Waals surface area contributed by atoms with Crippen LogP contribution in [-0.2, 0) is 0 Å². The van der Waals surface area contributed by atoms with Crippen LogP contribution in [0, 0.1) is 22.7 Å². The molecule has 0 saturated carbocycles. The molecule has 2 aromatic heterocycles. The number of aromatic nitrogens is 3. The van der Waals surface area contributed by atoms with Gasteiger partial charge in [0.1, 0.15) is 17.7 Å². The highest BCUT2D eigenvalue weighted by molar-refractivity contribution is 5.70. The van der Waals surface area contributed by atoms with Crippen LogP contribution < -0.4 is 0 Å². The molecule has 0 radical (unpaired) electrons. The second-order valence-corrected chi connectivity index (χ2v) is 2.49. The molecule has 0 aromatic carbocycles. The van der Waals surface area contributed by atoms with Crippen molar-refractivity contribution in [3.63, 3.8) is 0 Å². The molecule has 2 heterocycles. The highest BCUT2D eigenvalue weighted by atomic mass is 14.9. The second-order valence-electron chi connectivity index (χ2n) is 2.49. The Balaban J connectivity index is 2.85. The van der Waals surface area contributed by atoms with Gasteiger partial charge in [0.2, 0.25) is 0 Å². The van der Waals surface area contributed by atoms with Crippen LogP contribution >= 0.6 is 0 Å². The molecule has 0 aliphatic carbocycles. The average molecular weight is 181 g/mol. The van der Waals surface area contributed by atoms with E-state index in [9.17, 15) is 0 Å². The Morgan fingerprint density at radius 1 is 1.07 bits per heavy atom. The van der Waals surface area contributed by atoms with Gasteiger partial charge in [-0.3, -0.25) is 0 Å². The van der Waals surface area contributed by atoms with Crippen molar-refractivity contribution in [2.45, 2.75) is 0 Å². The van der Waals surface area contributed by atoms with Crippen molar-refractivity contribution in [1.29, 1.82) is 10.5 Å². The molecule has 64 valence electrons. The van der Waals surface area contributed by atoms with E-state index in [1.807, 2.05) is 6.07 Å². The monoisotopic (exact) mass is 181 g/mol. The Morgan fingerprint density at radius 3 is 2.50 bits per heavy atom. The third-order valence-electron chi connectivity index (χ3n) is 1.65. The van der Waals surface area contributed by atoms with Crippen LogP contribution in [0.25, 0.3) is 11.2 Å². The lowest BCUT2D eigenvalue weighted by atomic mass is 10.3. The van der Waals surface area contributed by atoms with Gasteiger partial charge in [-0.15, -0.1) is 0 Å². The molecule has 0 amide bonds. The van der Waals surface area contributed by atoms with E-state index >= 15 is 0 Å². The zero-order valence-electron chi connectivity index (χ0n) is 6.97. The van der Waals surface area contributed by atoms with Crippen LogP contribution in [0.1, 0.15) is 11.4 Å². The summed E-state index contributed by atoms with van der Waals surface area (Å²) in [5, 5.41) is 17.4. The predicted octanol–water partition coefficient (Wildman–Crippen LogP) is 0.768. The van der Waals surface area contributed by atoms with Gasteiger partial charge in [-0.1, -0.05) is 0 Å². The van der Waals surface area contributed by atoms with Gasteiger partial charge in [0.15, 0.2) is 17.0 Å². The maximum atomic E-state index is 8.68. The molecule has 0 aliphatic rings. The van der Waals surface area contributed by atoms with E-state index in [0.717, 1.165) is 0 Å². The smallest absolute Gasteiger partial charge is 0.179 e. The number of nitrogens with zero attached hydrogens (tertiary/aromatic N) is 5. The number of rotatable bonds is 0. The van der Waals surface area contributed by atoms with E-state index in [1.54, 1.807) is 24.4 Å². The first-order valence-corrected chi connectivity index (χ1v) is 3.78.